The molecule has 1 amide bonds. The van der Waals surface area contributed by atoms with E-state index in [2.05, 4.69) is 24.1 Å². The molecule has 162 valence electrons. The number of para-hydroxylation sites is 1. The quantitative estimate of drug-likeness (QED) is 0.731. The summed E-state index contributed by atoms with van der Waals surface area (Å²) in [5.74, 6) is 0.344. The van der Waals surface area contributed by atoms with Crippen molar-refractivity contribution in [3.05, 3.63) is 65.2 Å². The van der Waals surface area contributed by atoms with E-state index in [0.717, 1.165) is 16.8 Å². The first-order chi connectivity index (χ1) is 14.3. The van der Waals surface area contributed by atoms with Gasteiger partial charge >= 0.3 is 0 Å². The lowest BCUT2D eigenvalue weighted by molar-refractivity contribution is 0.102. The van der Waals surface area contributed by atoms with Gasteiger partial charge in [0.1, 0.15) is 0 Å². The first kappa shape index (κ1) is 22.5. The summed E-state index contributed by atoms with van der Waals surface area (Å²) in [6.07, 6.45) is 0. The number of amides is 1. The lowest BCUT2D eigenvalue weighted by Crippen LogP contribution is -2.48. The number of nitrogens with zero attached hydrogens (tertiary/aromatic N) is 2. The Morgan fingerprint density at radius 3 is 2.40 bits per heavy atom. The minimum atomic E-state index is -3.12. The lowest BCUT2D eigenvalue weighted by Gasteiger charge is -2.33. The highest BCUT2D eigenvalue weighted by molar-refractivity contribution is 7.89. The summed E-state index contributed by atoms with van der Waals surface area (Å²) in [7, 11) is -3.12. The molecule has 7 heteroatoms. The molecule has 0 atom stereocenters. The average Bonchev–Trinajstić information content (AvgIpc) is 2.74. The average molecular weight is 430 g/mol. The molecule has 0 saturated carbocycles. The van der Waals surface area contributed by atoms with Crippen molar-refractivity contribution >= 4 is 21.6 Å². The van der Waals surface area contributed by atoms with E-state index in [1.165, 1.54) is 0 Å². The molecule has 2 aromatic rings. The van der Waals surface area contributed by atoms with Crippen molar-refractivity contribution in [2.75, 3.05) is 37.2 Å². The number of carbonyl (C=O) groups is 1. The molecule has 6 nitrogen and oxygen atoms in total. The van der Waals surface area contributed by atoms with Gasteiger partial charge in [-0.25, -0.2) is 8.42 Å². The van der Waals surface area contributed by atoms with Crippen LogP contribution in [0.5, 0.6) is 0 Å². The minimum absolute atomic E-state index is 0.121. The molecular formula is C23H31N3O3S. The predicted octanol–water partition coefficient (Wildman–Crippen LogP) is 3.53. The molecule has 1 aliphatic heterocycles. The lowest BCUT2D eigenvalue weighted by atomic mass is 10.0. The molecule has 0 bridgehead atoms. The first-order valence-electron chi connectivity index (χ1n) is 10.5. The van der Waals surface area contributed by atoms with E-state index >= 15 is 0 Å². The van der Waals surface area contributed by atoms with Crippen molar-refractivity contribution in [3.63, 3.8) is 0 Å². The van der Waals surface area contributed by atoms with Crippen molar-refractivity contribution in [2.24, 2.45) is 0 Å². The number of hydrogen-bond acceptors (Lipinski definition) is 4. The van der Waals surface area contributed by atoms with Gasteiger partial charge in [0.15, 0.2) is 0 Å². The Balaban J connectivity index is 1.64. The summed E-state index contributed by atoms with van der Waals surface area (Å²) in [4.78, 5) is 15.1. The summed E-state index contributed by atoms with van der Waals surface area (Å²) in [6.45, 7) is 9.01. The maximum Gasteiger partial charge on any atom is 0.255 e. The van der Waals surface area contributed by atoms with Crippen LogP contribution >= 0.6 is 0 Å². The standard InChI is InChI=1S/C23H31N3O3S/c1-4-30(28,29)26-14-12-25(13-15-26)17-19-8-7-9-20(16-19)23(27)24-22-11-6-5-10-21(22)18(2)3/h5-11,16,18H,4,12-15,17H2,1-3H3,(H,24,27). The van der Waals surface area contributed by atoms with Gasteiger partial charge in [0, 0.05) is 44.0 Å². The minimum Gasteiger partial charge on any atom is -0.322 e. The molecule has 1 heterocycles. The molecule has 0 spiro atoms. The van der Waals surface area contributed by atoms with Gasteiger partial charge in [-0.2, -0.15) is 4.31 Å². The Labute approximate surface area is 179 Å². The molecule has 1 aliphatic rings. The Bertz CT molecular complexity index is 981. The van der Waals surface area contributed by atoms with Crippen molar-refractivity contribution < 1.29 is 13.2 Å². The monoisotopic (exact) mass is 429 g/mol. The zero-order valence-corrected chi connectivity index (χ0v) is 18.8. The van der Waals surface area contributed by atoms with Gasteiger partial charge in [-0.1, -0.05) is 44.2 Å². The highest BCUT2D eigenvalue weighted by Crippen LogP contribution is 2.24. The van der Waals surface area contributed by atoms with E-state index in [1.54, 1.807) is 11.2 Å². The molecule has 1 saturated heterocycles. The highest BCUT2D eigenvalue weighted by Gasteiger charge is 2.25. The second-order valence-electron chi connectivity index (χ2n) is 7.97. The van der Waals surface area contributed by atoms with Crippen LogP contribution in [0, 0.1) is 0 Å². The van der Waals surface area contributed by atoms with Gasteiger partial charge in [0.05, 0.1) is 5.75 Å². The second kappa shape index (κ2) is 9.73. The van der Waals surface area contributed by atoms with Gasteiger partial charge in [0.2, 0.25) is 10.0 Å². The predicted molar refractivity (Wildman–Crippen MR) is 121 cm³/mol. The number of rotatable bonds is 7. The van der Waals surface area contributed by atoms with Crippen LogP contribution in [-0.2, 0) is 16.6 Å². The van der Waals surface area contributed by atoms with Crippen LogP contribution in [0.25, 0.3) is 0 Å². The second-order valence-corrected chi connectivity index (χ2v) is 10.2. The van der Waals surface area contributed by atoms with E-state index in [4.69, 9.17) is 0 Å². The third-order valence-corrected chi connectivity index (χ3v) is 7.40. The van der Waals surface area contributed by atoms with Gasteiger partial charge < -0.3 is 5.32 Å². The highest BCUT2D eigenvalue weighted by atomic mass is 32.2. The van der Waals surface area contributed by atoms with Gasteiger partial charge in [-0.3, -0.25) is 9.69 Å². The van der Waals surface area contributed by atoms with E-state index in [9.17, 15) is 13.2 Å². The SMILES string of the molecule is CCS(=O)(=O)N1CCN(Cc2cccc(C(=O)Nc3ccccc3C(C)C)c2)CC1. The smallest absolute Gasteiger partial charge is 0.255 e. The molecule has 0 aliphatic carbocycles. The van der Waals surface area contributed by atoms with E-state index in [0.29, 0.717) is 44.2 Å². The molecule has 30 heavy (non-hydrogen) atoms. The van der Waals surface area contributed by atoms with Crippen LogP contribution in [0.3, 0.4) is 0 Å². The van der Waals surface area contributed by atoms with Crippen LogP contribution in [0.2, 0.25) is 0 Å². The summed E-state index contributed by atoms with van der Waals surface area (Å²) in [6, 6.07) is 15.5. The normalized spacial score (nSPS) is 16.0. The Hall–Kier alpha value is -2.22. The Kier molecular flexibility index (Phi) is 7.28. The van der Waals surface area contributed by atoms with Gasteiger partial charge in [0.25, 0.3) is 5.91 Å². The maximum absolute atomic E-state index is 12.8. The number of carbonyl (C=O) groups excluding carboxylic acids is 1. The molecule has 1 fully saturated rings. The summed E-state index contributed by atoms with van der Waals surface area (Å²) < 4.78 is 25.6. The number of sulfonamides is 1. The van der Waals surface area contributed by atoms with E-state index < -0.39 is 10.0 Å². The zero-order valence-electron chi connectivity index (χ0n) is 18.0. The van der Waals surface area contributed by atoms with Crippen LogP contribution in [-0.4, -0.2) is 55.5 Å². The summed E-state index contributed by atoms with van der Waals surface area (Å²) in [5, 5.41) is 3.04. The molecule has 0 aromatic heterocycles. The molecule has 2 aromatic carbocycles. The number of hydrogen-bond donors (Lipinski definition) is 1. The third-order valence-electron chi connectivity index (χ3n) is 5.52. The molecule has 0 unspecified atom stereocenters. The molecule has 1 N–H and O–H groups in total. The van der Waals surface area contributed by atoms with Crippen LogP contribution < -0.4 is 5.32 Å². The fraction of sp³-hybridized carbons (Fsp3) is 0.435. The summed E-state index contributed by atoms with van der Waals surface area (Å²) in [5.41, 5.74) is 3.63. The first-order valence-corrected chi connectivity index (χ1v) is 12.1. The topological polar surface area (TPSA) is 69.7 Å². The van der Waals surface area contributed by atoms with Crippen LogP contribution in [0.1, 0.15) is 48.2 Å². The molecule has 0 radical (unpaired) electrons. The largest absolute Gasteiger partial charge is 0.322 e. The Morgan fingerprint density at radius 2 is 1.73 bits per heavy atom. The number of piperazine rings is 1. The van der Waals surface area contributed by atoms with Crippen molar-refractivity contribution in [1.82, 2.24) is 9.21 Å². The number of nitrogens with one attached hydrogen (secondary N) is 1. The maximum atomic E-state index is 12.8. The number of benzene rings is 2. The van der Waals surface area contributed by atoms with E-state index in [-0.39, 0.29) is 11.7 Å². The fourth-order valence-electron chi connectivity index (χ4n) is 3.73. The van der Waals surface area contributed by atoms with Crippen molar-refractivity contribution in [2.45, 2.75) is 33.2 Å². The number of anilines is 1. The van der Waals surface area contributed by atoms with Crippen LogP contribution in [0.15, 0.2) is 48.5 Å². The summed E-state index contributed by atoms with van der Waals surface area (Å²) >= 11 is 0. The van der Waals surface area contributed by atoms with Crippen molar-refractivity contribution in [1.29, 1.82) is 0 Å². The molecular weight excluding hydrogens is 398 g/mol. The fourth-order valence-corrected chi connectivity index (χ4v) is 4.81. The van der Waals surface area contributed by atoms with Gasteiger partial charge in [-0.05, 0) is 42.2 Å². The third kappa shape index (κ3) is 5.47. The Morgan fingerprint density at radius 1 is 1.03 bits per heavy atom. The van der Waals surface area contributed by atoms with Crippen molar-refractivity contribution in [3.8, 4) is 0 Å². The van der Waals surface area contributed by atoms with Gasteiger partial charge in [-0.15, -0.1) is 0 Å². The van der Waals surface area contributed by atoms with Crippen LogP contribution in [0.4, 0.5) is 5.69 Å². The zero-order chi connectivity index (χ0) is 21.7. The van der Waals surface area contributed by atoms with E-state index in [1.807, 2.05) is 48.5 Å². The molecule has 3 rings (SSSR count).